The van der Waals surface area contributed by atoms with Crippen LogP contribution in [0.5, 0.6) is 0 Å². The molecule has 1 aromatic rings. The summed E-state index contributed by atoms with van der Waals surface area (Å²) in [6.07, 6.45) is 0. The minimum atomic E-state index is -1.49. The summed E-state index contributed by atoms with van der Waals surface area (Å²) in [6, 6.07) is 4.71. The highest BCUT2D eigenvalue weighted by Crippen LogP contribution is 2.18. The van der Waals surface area contributed by atoms with E-state index in [4.69, 9.17) is 11.6 Å². The second kappa shape index (κ2) is 3.71. The molecule has 1 rings (SSSR count). The van der Waals surface area contributed by atoms with Gasteiger partial charge in [0, 0.05) is 17.2 Å². The standard InChI is InChI=1S/C9H12ClNO2Si/c1-14(2,3)9-5-4-7(11(12)13)6-8(9)10/h4-6H,1-3H3. The van der Waals surface area contributed by atoms with Crippen LogP contribution in [0, 0.1) is 10.1 Å². The maximum atomic E-state index is 10.5. The third kappa shape index (κ3) is 2.33. The fourth-order valence-corrected chi connectivity index (χ4v) is 3.62. The largest absolute Gasteiger partial charge is 0.270 e. The lowest BCUT2D eigenvalue weighted by atomic mass is 10.3. The average molecular weight is 230 g/mol. The molecule has 0 aliphatic rings. The molecule has 0 atom stereocenters. The van der Waals surface area contributed by atoms with E-state index >= 15 is 0 Å². The molecule has 0 heterocycles. The first-order valence-corrected chi connectivity index (χ1v) is 8.14. The third-order valence-electron chi connectivity index (χ3n) is 1.97. The minimum Gasteiger partial charge on any atom is -0.258 e. The number of nitro groups is 1. The molecule has 0 saturated heterocycles. The van der Waals surface area contributed by atoms with E-state index < -0.39 is 13.0 Å². The van der Waals surface area contributed by atoms with Crippen LogP contribution < -0.4 is 5.19 Å². The van der Waals surface area contributed by atoms with Crippen LogP contribution in [-0.4, -0.2) is 13.0 Å². The van der Waals surface area contributed by atoms with E-state index in [1.54, 1.807) is 6.07 Å². The maximum Gasteiger partial charge on any atom is 0.270 e. The monoisotopic (exact) mass is 229 g/mol. The highest BCUT2D eigenvalue weighted by Gasteiger charge is 2.21. The fraction of sp³-hybridized carbons (Fsp3) is 0.333. The van der Waals surface area contributed by atoms with Gasteiger partial charge < -0.3 is 0 Å². The molecular formula is C9H12ClNO2Si. The van der Waals surface area contributed by atoms with Gasteiger partial charge >= 0.3 is 0 Å². The molecule has 0 amide bonds. The van der Waals surface area contributed by atoms with Gasteiger partial charge in [0.1, 0.15) is 0 Å². The summed E-state index contributed by atoms with van der Waals surface area (Å²) >= 11 is 5.99. The zero-order valence-corrected chi connectivity index (χ0v) is 10.1. The second-order valence-corrected chi connectivity index (χ2v) is 9.62. The third-order valence-corrected chi connectivity index (χ3v) is 4.49. The van der Waals surface area contributed by atoms with Crippen LogP contribution in [0.3, 0.4) is 0 Å². The van der Waals surface area contributed by atoms with Crippen molar-refractivity contribution in [1.82, 2.24) is 0 Å². The molecule has 0 N–H and O–H groups in total. The van der Waals surface area contributed by atoms with Crippen LogP contribution in [0.4, 0.5) is 5.69 Å². The van der Waals surface area contributed by atoms with E-state index in [0.717, 1.165) is 5.19 Å². The van der Waals surface area contributed by atoms with Crippen molar-refractivity contribution in [3.8, 4) is 0 Å². The molecule has 76 valence electrons. The predicted octanol–water partition coefficient (Wildman–Crippen LogP) is 2.79. The maximum absolute atomic E-state index is 10.5. The zero-order chi connectivity index (χ0) is 10.9. The number of rotatable bonds is 2. The summed E-state index contributed by atoms with van der Waals surface area (Å²) in [5.41, 5.74) is 0.0528. The number of halogens is 1. The molecule has 0 fully saturated rings. The van der Waals surface area contributed by atoms with Gasteiger partial charge in [-0.25, -0.2) is 0 Å². The van der Waals surface area contributed by atoms with E-state index in [2.05, 4.69) is 19.6 Å². The number of non-ortho nitro benzene ring substituents is 1. The Labute approximate surface area is 88.9 Å². The molecule has 0 aliphatic heterocycles. The molecule has 3 nitrogen and oxygen atoms in total. The first kappa shape index (κ1) is 11.2. The van der Waals surface area contributed by atoms with Crippen LogP contribution in [0.2, 0.25) is 24.7 Å². The molecule has 0 aromatic heterocycles. The van der Waals surface area contributed by atoms with Crippen LogP contribution in [0.1, 0.15) is 0 Å². The Balaban J connectivity index is 3.21. The van der Waals surface area contributed by atoms with Crippen LogP contribution >= 0.6 is 11.6 Å². The lowest BCUT2D eigenvalue weighted by Crippen LogP contribution is -2.38. The molecule has 0 unspecified atom stereocenters. The quantitative estimate of drug-likeness (QED) is 0.445. The molecule has 5 heteroatoms. The molecule has 14 heavy (non-hydrogen) atoms. The summed E-state index contributed by atoms with van der Waals surface area (Å²) in [7, 11) is -1.49. The smallest absolute Gasteiger partial charge is 0.258 e. The summed E-state index contributed by atoms with van der Waals surface area (Å²) < 4.78 is 0. The number of hydrogen-bond donors (Lipinski definition) is 0. The summed E-state index contributed by atoms with van der Waals surface area (Å²) in [5.74, 6) is 0. The number of nitro benzene ring substituents is 1. The molecule has 0 bridgehead atoms. The van der Waals surface area contributed by atoms with E-state index in [-0.39, 0.29) is 5.69 Å². The molecule has 1 aromatic carbocycles. The SMILES string of the molecule is C[Si](C)(C)c1ccc([N+](=O)[O-])cc1Cl. The molecule has 0 saturated carbocycles. The Morgan fingerprint density at radius 2 is 1.93 bits per heavy atom. The van der Waals surface area contributed by atoms with Gasteiger partial charge in [-0.05, 0) is 5.19 Å². The average Bonchev–Trinajstić information content (AvgIpc) is 2.01. The predicted molar refractivity (Wildman–Crippen MR) is 61.1 cm³/mol. The van der Waals surface area contributed by atoms with Crippen molar-refractivity contribution >= 4 is 30.5 Å². The topological polar surface area (TPSA) is 43.1 Å². The van der Waals surface area contributed by atoms with Crippen molar-refractivity contribution < 1.29 is 4.92 Å². The van der Waals surface area contributed by atoms with E-state index in [9.17, 15) is 10.1 Å². The Morgan fingerprint density at radius 3 is 2.29 bits per heavy atom. The Morgan fingerprint density at radius 1 is 1.36 bits per heavy atom. The van der Waals surface area contributed by atoms with Crippen molar-refractivity contribution in [1.29, 1.82) is 0 Å². The molecule has 0 spiro atoms. The van der Waals surface area contributed by atoms with Gasteiger partial charge in [0.2, 0.25) is 0 Å². The van der Waals surface area contributed by atoms with E-state index in [1.807, 2.05) is 0 Å². The Hall–Kier alpha value is -0.873. The van der Waals surface area contributed by atoms with Crippen molar-refractivity contribution in [2.75, 3.05) is 0 Å². The van der Waals surface area contributed by atoms with Gasteiger partial charge in [-0.15, -0.1) is 0 Å². The van der Waals surface area contributed by atoms with Crippen molar-refractivity contribution in [3.63, 3.8) is 0 Å². The van der Waals surface area contributed by atoms with Gasteiger partial charge in [0.05, 0.1) is 13.0 Å². The van der Waals surface area contributed by atoms with Crippen LogP contribution in [0.15, 0.2) is 18.2 Å². The Kier molecular flexibility index (Phi) is 2.97. The van der Waals surface area contributed by atoms with Gasteiger partial charge in [-0.3, -0.25) is 10.1 Å². The molecular weight excluding hydrogens is 218 g/mol. The highest BCUT2D eigenvalue weighted by atomic mass is 35.5. The molecule has 0 radical (unpaired) electrons. The van der Waals surface area contributed by atoms with Crippen molar-refractivity contribution in [2.45, 2.75) is 19.6 Å². The van der Waals surface area contributed by atoms with Crippen LogP contribution in [0.25, 0.3) is 0 Å². The van der Waals surface area contributed by atoms with Gasteiger partial charge in [-0.2, -0.15) is 0 Å². The van der Waals surface area contributed by atoms with E-state index in [0.29, 0.717) is 5.02 Å². The van der Waals surface area contributed by atoms with Crippen molar-refractivity contribution in [3.05, 3.63) is 33.3 Å². The zero-order valence-electron chi connectivity index (χ0n) is 8.37. The van der Waals surface area contributed by atoms with Gasteiger partial charge in [0.25, 0.3) is 5.69 Å². The lowest BCUT2D eigenvalue weighted by molar-refractivity contribution is -0.384. The number of hydrogen-bond acceptors (Lipinski definition) is 2. The lowest BCUT2D eigenvalue weighted by Gasteiger charge is -2.17. The normalized spacial score (nSPS) is 11.4. The fourth-order valence-electron chi connectivity index (χ4n) is 1.23. The summed E-state index contributed by atoms with van der Waals surface area (Å²) in [4.78, 5) is 10.0. The number of nitrogens with zero attached hydrogens (tertiary/aromatic N) is 1. The van der Waals surface area contributed by atoms with Gasteiger partial charge in [-0.1, -0.05) is 37.3 Å². The first-order valence-electron chi connectivity index (χ1n) is 4.27. The first-order chi connectivity index (χ1) is 6.32. The summed E-state index contributed by atoms with van der Waals surface area (Å²) in [6.45, 7) is 6.46. The Bertz CT molecular complexity index is 374. The van der Waals surface area contributed by atoms with Crippen molar-refractivity contribution in [2.24, 2.45) is 0 Å². The van der Waals surface area contributed by atoms with Gasteiger partial charge in [0.15, 0.2) is 0 Å². The van der Waals surface area contributed by atoms with Crippen LogP contribution in [-0.2, 0) is 0 Å². The second-order valence-electron chi connectivity index (χ2n) is 4.17. The highest BCUT2D eigenvalue weighted by molar-refractivity contribution is 6.90. The summed E-state index contributed by atoms with van der Waals surface area (Å²) in [5, 5.41) is 12.0. The minimum absolute atomic E-state index is 0.0528. The van der Waals surface area contributed by atoms with E-state index in [1.165, 1.54) is 12.1 Å². The number of benzene rings is 1. The molecule has 0 aliphatic carbocycles.